The van der Waals surface area contributed by atoms with E-state index in [1.807, 2.05) is 0 Å². The summed E-state index contributed by atoms with van der Waals surface area (Å²) in [7, 11) is -3.51. The highest BCUT2D eigenvalue weighted by atomic mass is 32.2. The van der Waals surface area contributed by atoms with E-state index in [1.54, 1.807) is 18.2 Å². The summed E-state index contributed by atoms with van der Waals surface area (Å²) in [5, 5.41) is 0. The van der Waals surface area contributed by atoms with Crippen LogP contribution >= 0.6 is 0 Å². The molecule has 0 spiro atoms. The topological polar surface area (TPSA) is 67.9 Å². The molecule has 4 rings (SSSR count). The van der Waals surface area contributed by atoms with Crippen LogP contribution in [-0.2, 0) is 21.2 Å². The highest BCUT2D eigenvalue weighted by molar-refractivity contribution is 7.89. The van der Waals surface area contributed by atoms with Gasteiger partial charge in [0.05, 0.1) is 24.2 Å². The molecule has 1 aromatic rings. The fourth-order valence-electron chi connectivity index (χ4n) is 3.63. The Labute approximate surface area is 136 Å². The molecule has 0 amide bonds. The minimum atomic E-state index is -3.51. The van der Waals surface area contributed by atoms with Gasteiger partial charge >= 0.3 is 0 Å². The van der Waals surface area contributed by atoms with Crippen LogP contribution in [0.4, 0.5) is 0 Å². The highest BCUT2D eigenvalue weighted by Crippen LogP contribution is 2.27. The van der Waals surface area contributed by atoms with E-state index in [1.165, 1.54) is 12.8 Å². The first-order valence-electron chi connectivity index (χ1n) is 8.23. The summed E-state index contributed by atoms with van der Waals surface area (Å²) in [5.41, 5.74) is 0.960. The lowest BCUT2D eigenvalue weighted by Gasteiger charge is -2.35. The van der Waals surface area contributed by atoms with Gasteiger partial charge in [-0.15, -0.1) is 0 Å². The molecule has 0 unspecified atom stereocenters. The van der Waals surface area contributed by atoms with Crippen LogP contribution < -0.4 is 9.46 Å². The Kier molecular flexibility index (Phi) is 4.05. The first-order chi connectivity index (χ1) is 11.1. The molecule has 0 saturated carbocycles. The molecule has 1 aromatic carbocycles. The smallest absolute Gasteiger partial charge is 0.240 e. The number of nitrogens with zero attached hydrogens (tertiary/aromatic N) is 1. The third-order valence-corrected chi connectivity index (χ3v) is 6.36. The number of nitrogens with one attached hydrogen (secondary N) is 1. The molecule has 6 nitrogen and oxygen atoms in total. The third kappa shape index (κ3) is 3.10. The van der Waals surface area contributed by atoms with Gasteiger partial charge < -0.3 is 9.47 Å². The van der Waals surface area contributed by atoms with Crippen LogP contribution in [0, 0.1) is 0 Å². The van der Waals surface area contributed by atoms with E-state index in [-0.39, 0.29) is 6.10 Å². The van der Waals surface area contributed by atoms with Gasteiger partial charge in [-0.25, -0.2) is 13.1 Å². The number of sulfonamides is 1. The third-order valence-electron chi connectivity index (χ3n) is 4.93. The Morgan fingerprint density at radius 3 is 3.17 bits per heavy atom. The van der Waals surface area contributed by atoms with Gasteiger partial charge in [-0.3, -0.25) is 4.90 Å². The van der Waals surface area contributed by atoms with Crippen molar-refractivity contribution in [3.63, 3.8) is 0 Å². The van der Waals surface area contributed by atoms with Crippen LogP contribution in [0.5, 0.6) is 5.75 Å². The van der Waals surface area contributed by atoms with Gasteiger partial charge in [-0.05, 0) is 43.1 Å². The molecular formula is C16H22N2O4S. The molecule has 3 aliphatic rings. The van der Waals surface area contributed by atoms with Crippen LogP contribution in [0.2, 0.25) is 0 Å². The van der Waals surface area contributed by atoms with Gasteiger partial charge in [-0.2, -0.15) is 0 Å². The number of hydrogen-bond donors (Lipinski definition) is 1. The van der Waals surface area contributed by atoms with Crippen molar-refractivity contribution < 1.29 is 17.9 Å². The lowest BCUT2D eigenvalue weighted by atomic mass is 10.2. The maximum atomic E-state index is 12.5. The maximum absolute atomic E-state index is 12.5. The molecule has 2 fully saturated rings. The van der Waals surface area contributed by atoms with E-state index in [4.69, 9.17) is 9.47 Å². The maximum Gasteiger partial charge on any atom is 0.240 e. The average Bonchev–Trinajstić information content (AvgIpc) is 3.20. The predicted molar refractivity (Wildman–Crippen MR) is 85.2 cm³/mol. The summed E-state index contributed by atoms with van der Waals surface area (Å²) in [6.07, 6.45) is 3.09. The lowest BCUT2D eigenvalue weighted by molar-refractivity contribution is -0.0449. The Hall–Kier alpha value is -1.15. The van der Waals surface area contributed by atoms with Crippen LogP contribution in [-0.4, -0.2) is 58.3 Å². The minimum Gasteiger partial charge on any atom is -0.493 e. The number of ether oxygens (including phenoxy) is 2. The van der Waals surface area contributed by atoms with E-state index < -0.39 is 10.0 Å². The number of fused-ring (bicyclic) bond motifs is 2. The van der Waals surface area contributed by atoms with Crippen molar-refractivity contribution in [2.24, 2.45) is 0 Å². The molecule has 23 heavy (non-hydrogen) atoms. The molecule has 0 aromatic heterocycles. The van der Waals surface area contributed by atoms with Crippen LogP contribution in [0.1, 0.15) is 18.4 Å². The normalized spacial score (nSPS) is 27.5. The highest BCUT2D eigenvalue weighted by Gasteiger charge is 2.32. The Morgan fingerprint density at radius 2 is 2.26 bits per heavy atom. The summed E-state index contributed by atoms with van der Waals surface area (Å²) in [6.45, 7) is 3.56. The minimum absolute atomic E-state index is 0.0723. The van der Waals surface area contributed by atoms with E-state index in [0.29, 0.717) is 30.7 Å². The number of rotatable bonds is 4. The lowest BCUT2D eigenvalue weighted by Crippen LogP contribution is -2.50. The molecule has 3 heterocycles. The van der Waals surface area contributed by atoms with Crippen LogP contribution in [0.25, 0.3) is 0 Å². The van der Waals surface area contributed by atoms with Gasteiger partial charge in [0, 0.05) is 25.6 Å². The van der Waals surface area contributed by atoms with Gasteiger partial charge in [0.25, 0.3) is 0 Å². The average molecular weight is 338 g/mol. The zero-order chi connectivity index (χ0) is 15.9. The molecule has 1 N–H and O–H groups in total. The number of hydrogen-bond acceptors (Lipinski definition) is 5. The van der Waals surface area contributed by atoms with Crippen LogP contribution in [0.3, 0.4) is 0 Å². The molecule has 7 heteroatoms. The van der Waals surface area contributed by atoms with Gasteiger partial charge in [0.15, 0.2) is 0 Å². The molecule has 126 valence electrons. The van der Waals surface area contributed by atoms with Crippen molar-refractivity contribution in [2.45, 2.75) is 36.3 Å². The van der Waals surface area contributed by atoms with Crippen molar-refractivity contribution in [3.05, 3.63) is 23.8 Å². The molecule has 0 radical (unpaired) electrons. The SMILES string of the molecule is O=S(=O)(NC[C@H]1CN2CCC[C@H]2CO1)c1ccc2c(c1)CCO2. The molecule has 3 aliphatic heterocycles. The molecular weight excluding hydrogens is 316 g/mol. The summed E-state index contributed by atoms with van der Waals surface area (Å²) in [6, 6.07) is 5.58. The fraction of sp³-hybridized carbons (Fsp3) is 0.625. The Bertz CT molecular complexity index is 691. The second-order valence-electron chi connectivity index (χ2n) is 6.47. The summed E-state index contributed by atoms with van der Waals surface area (Å²) >= 11 is 0. The van der Waals surface area contributed by atoms with Crippen molar-refractivity contribution in [1.82, 2.24) is 9.62 Å². The van der Waals surface area contributed by atoms with E-state index in [0.717, 1.165) is 30.8 Å². The largest absolute Gasteiger partial charge is 0.493 e. The Balaban J connectivity index is 1.40. The first-order valence-corrected chi connectivity index (χ1v) is 9.71. The van der Waals surface area contributed by atoms with E-state index in [9.17, 15) is 8.42 Å². The zero-order valence-electron chi connectivity index (χ0n) is 13.0. The Morgan fingerprint density at radius 1 is 1.35 bits per heavy atom. The zero-order valence-corrected chi connectivity index (χ0v) is 13.8. The van der Waals surface area contributed by atoms with Crippen molar-refractivity contribution in [1.29, 1.82) is 0 Å². The second-order valence-corrected chi connectivity index (χ2v) is 8.23. The molecule has 0 aliphatic carbocycles. The monoisotopic (exact) mass is 338 g/mol. The van der Waals surface area contributed by atoms with Gasteiger partial charge in [0.2, 0.25) is 10.0 Å². The second kappa shape index (κ2) is 6.05. The first kappa shape index (κ1) is 15.4. The quantitative estimate of drug-likeness (QED) is 0.878. The number of morpholine rings is 1. The standard InChI is InChI=1S/C16H22N2O4S/c19-23(20,15-3-4-16-12(8-15)5-7-21-16)17-9-14-10-18-6-1-2-13(18)11-22-14/h3-4,8,13-14,17H,1-2,5-7,9-11H2/t13-,14-/m0/s1. The van der Waals surface area contributed by atoms with Gasteiger partial charge in [-0.1, -0.05) is 0 Å². The van der Waals surface area contributed by atoms with Crippen molar-refractivity contribution in [3.8, 4) is 5.75 Å². The summed E-state index contributed by atoms with van der Waals surface area (Å²) < 4.78 is 38.9. The van der Waals surface area contributed by atoms with E-state index >= 15 is 0 Å². The molecule has 2 atom stereocenters. The predicted octanol–water partition coefficient (Wildman–Crippen LogP) is 0.763. The molecule has 0 bridgehead atoms. The van der Waals surface area contributed by atoms with Crippen molar-refractivity contribution >= 4 is 10.0 Å². The summed E-state index contributed by atoms with van der Waals surface area (Å²) in [5.74, 6) is 0.791. The van der Waals surface area contributed by atoms with Crippen molar-refractivity contribution in [2.75, 3.05) is 32.8 Å². The molecule has 2 saturated heterocycles. The summed E-state index contributed by atoms with van der Waals surface area (Å²) in [4.78, 5) is 2.71. The van der Waals surface area contributed by atoms with E-state index in [2.05, 4.69) is 9.62 Å². The van der Waals surface area contributed by atoms with Gasteiger partial charge in [0.1, 0.15) is 5.75 Å². The number of benzene rings is 1. The fourth-order valence-corrected chi connectivity index (χ4v) is 4.74. The van der Waals surface area contributed by atoms with Crippen LogP contribution in [0.15, 0.2) is 23.1 Å².